The Labute approximate surface area is 174 Å². The fraction of sp³-hybridized carbons (Fsp3) is 0.211. The SMILES string of the molecule is CN(Cc1nc2ccccc2n1C(F)F)CN1C(=O)c2cc(Cl)c(Cl)cc2C1=O. The van der Waals surface area contributed by atoms with E-state index in [1.807, 2.05) is 0 Å². The Morgan fingerprint density at radius 1 is 1.07 bits per heavy atom. The van der Waals surface area contributed by atoms with Crippen LogP contribution in [0, 0.1) is 0 Å². The summed E-state index contributed by atoms with van der Waals surface area (Å²) in [5.41, 5.74) is 1.09. The van der Waals surface area contributed by atoms with Crippen LogP contribution in [-0.4, -0.2) is 44.9 Å². The lowest BCUT2D eigenvalue weighted by molar-refractivity contribution is 0.0524. The Morgan fingerprint density at radius 3 is 2.24 bits per heavy atom. The Morgan fingerprint density at radius 2 is 1.66 bits per heavy atom. The van der Waals surface area contributed by atoms with Crippen molar-refractivity contribution in [2.75, 3.05) is 13.7 Å². The van der Waals surface area contributed by atoms with Crippen molar-refractivity contribution in [3.05, 3.63) is 63.4 Å². The topological polar surface area (TPSA) is 58.4 Å². The first-order valence-electron chi connectivity index (χ1n) is 8.55. The van der Waals surface area contributed by atoms with Gasteiger partial charge in [-0.25, -0.2) is 4.98 Å². The number of amides is 2. The summed E-state index contributed by atoms with van der Waals surface area (Å²) in [5, 5.41) is 0.347. The summed E-state index contributed by atoms with van der Waals surface area (Å²) in [7, 11) is 1.61. The van der Waals surface area contributed by atoms with E-state index in [0.717, 1.165) is 9.47 Å². The average molecular weight is 439 g/mol. The summed E-state index contributed by atoms with van der Waals surface area (Å²) >= 11 is 11.9. The Balaban J connectivity index is 1.58. The van der Waals surface area contributed by atoms with Crippen molar-refractivity contribution in [3.8, 4) is 0 Å². The zero-order valence-corrected chi connectivity index (χ0v) is 16.6. The van der Waals surface area contributed by atoms with E-state index in [0.29, 0.717) is 11.0 Å². The standard InChI is InChI=1S/C19H14Cl2F2N4O2/c1-25(8-16-24-14-4-2-3-5-15(14)27(16)19(22)23)9-26-17(28)10-6-12(20)13(21)7-11(10)18(26)29/h2-7,19H,8-9H2,1H3. The number of hydrogen-bond donors (Lipinski definition) is 0. The maximum Gasteiger partial charge on any atom is 0.320 e. The molecular formula is C19H14Cl2F2N4O2. The number of benzene rings is 2. The molecule has 150 valence electrons. The molecule has 0 spiro atoms. The number of imide groups is 1. The van der Waals surface area contributed by atoms with Crippen LogP contribution in [0.15, 0.2) is 36.4 Å². The van der Waals surface area contributed by atoms with Gasteiger partial charge in [0.05, 0.1) is 45.4 Å². The molecular weight excluding hydrogens is 425 g/mol. The van der Waals surface area contributed by atoms with Crippen molar-refractivity contribution >= 4 is 46.0 Å². The van der Waals surface area contributed by atoms with Gasteiger partial charge in [0, 0.05) is 0 Å². The first-order chi connectivity index (χ1) is 13.8. The van der Waals surface area contributed by atoms with Gasteiger partial charge >= 0.3 is 6.55 Å². The molecule has 0 radical (unpaired) electrons. The number of alkyl halides is 2. The zero-order valence-electron chi connectivity index (χ0n) is 15.1. The molecule has 0 saturated heterocycles. The molecule has 2 amide bonds. The summed E-state index contributed by atoms with van der Waals surface area (Å²) in [4.78, 5) is 32.1. The van der Waals surface area contributed by atoms with Crippen LogP contribution >= 0.6 is 23.2 Å². The van der Waals surface area contributed by atoms with Gasteiger partial charge < -0.3 is 0 Å². The first kappa shape index (κ1) is 19.8. The second-order valence-corrected chi connectivity index (χ2v) is 7.48. The van der Waals surface area contributed by atoms with Gasteiger partial charge in [-0.2, -0.15) is 8.78 Å². The minimum Gasteiger partial charge on any atom is -0.281 e. The molecule has 4 rings (SSSR count). The molecule has 0 unspecified atom stereocenters. The lowest BCUT2D eigenvalue weighted by Gasteiger charge is -2.22. The normalized spacial score (nSPS) is 14.0. The van der Waals surface area contributed by atoms with E-state index in [2.05, 4.69) is 4.98 Å². The average Bonchev–Trinajstić information content (AvgIpc) is 3.13. The molecule has 0 N–H and O–H groups in total. The molecule has 0 fully saturated rings. The quantitative estimate of drug-likeness (QED) is 0.553. The molecule has 2 heterocycles. The monoisotopic (exact) mass is 438 g/mol. The molecule has 0 bridgehead atoms. The predicted octanol–water partition coefficient (Wildman–Crippen LogP) is 4.42. The molecule has 0 atom stereocenters. The predicted molar refractivity (Wildman–Crippen MR) is 104 cm³/mol. The largest absolute Gasteiger partial charge is 0.320 e. The minimum absolute atomic E-state index is 0.00787. The summed E-state index contributed by atoms with van der Waals surface area (Å²) in [6.45, 7) is -2.86. The van der Waals surface area contributed by atoms with Crippen molar-refractivity contribution in [3.63, 3.8) is 0 Å². The number of hydrogen-bond acceptors (Lipinski definition) is 4. The van der Waals surface area contributed by atoms with Crippen LogP contribution < -0.4 is 0 Å². The van der Waals surface area contributed by atoms with Gasteiger partial charge in [0.2, 0.25) is 0 Å². The number of carbonyl (C=O) groups excluding carboxylic acids is 2. The molecule has 6 nitrogen and oxygen atoms in total. The Bertz CT molecular complexity index is 1110. The maximum atomic E-state index is 13.6. The molecule has 3 aromatic rings. The number of fused-ring (bicyclic) bond motifs is 2. The highest BCUT2D eigenvalue weighted by molar-refractivity contribution is 6.43. The maximum absolute atomic E-state index is 13.6. The van der Waals surface area contributed by atoms with E-state index < -0.39 is 18.4 Å². The molecule has 0 saturated carbocycles. The van der Waals surface area contributed by atoms with Crippen LogP contribution in [-0.2, 0) is 6.54 Å². The molecule has 29 heavy (non-hydrogen) atoms. The van der Waals surface area contributed by atoms with Crippen molar-refractivity contribution in [2.45, 2.75) is 13.1 Å². The fourth-order valence-electron chi connectivity index (χ4n) is 3.37. The van der Waals surface area contributed by atoms with E-state index in [1.54, 1.807) is 36.2 Å². The van der Waals surface area contributed by atoms with E-state index in [-0.39, 0.29) is 40.2 Å². The van der Waals surface area contributed by atoms with Crippen molar-refractivity contribution in [1.29, 1.82) is 0 Å². The highest BCUT2D eigenvalue weighted by Gasteiger charge is 2.37. The summed E-state index contributed by atoms with van der Waals surface area (Å²) in [6, 6.07) is 9.30. The Kier molecular flexibility index (Phi) is 5.02. The van der Waals surface area contributed by atoms with Gasteiger partial charge in [0.25, 0.3) is 11.8 Å². The van der Waals surface area contributed by atoms with Crippen LogP contribution in [0.3, 0.4) is 0 Å². The van der Waals surface area contributed by atoms with E-state index in [4.69, 9.17) is 23.2 Å². The van der Waals surface area contributed by atoms with Crippen molar-refractivity contribution < 1.29 is 18.4 Å². The van der Waals surface area contributed by atoms with E-state index in [9.17, 15) is 18.4 Å². The van der Waals surface area contributed by atoms with Crippen molar-refractivity contribution in [1.82, 2.24) is 19.4 Å². The number of rotatable bonds is 5. The second kappa shape index (κ2) is 7.37. The summed E-state index contributed by atoms with van der Waals surface area (Å²) < 4.78 is 28.0. The van der Waals surface area contributed by atoms with Crippen LogP contribution in [0.25, 0.3) is 11.0 Å². The van der Waals surface area contributed by atoms with Crippen LogP contribution in [0.5, 0.6) is 0 Å². The smallest absolute Gasteiger partial charge is 0.281 e. The molecule has 1 aromatic heterocycles. The first-order valence-corrected chi connectivity index (χ1v) is 9.31. The Hall–Kier alpha value is -2.55. The van der Waals surface area contributed by atoms with Crippen LogP contribution in [0.2, 0.25) is 10.0 Å². The minimum atomic E-state index is -2.77. The summed E-state index contributed by atoms with van der Waals surface area (Å²) in [6.07, 6.45) is 0. The van der Waals surface area contributed by atoms with Gasteiger partial charge in [-0.1, -0.05) is 35.3 Å². The zero-order chi connectivity index (χ0) is 20.9. The molecule has 0 aliphatic carbocycles. The third-order valence-electron chi connectivity index (χ3n) is 4.67. The van der Waals surface area contributed by atoms with Crippen LogP contribution in [0.4, 0.5) is 8.78 Å². The highest BCUT2D eigenvalue weighted by atomic mass is 35.5. The van der Waals surface area contributed by atoms with Gasteiger partial charge in [-0.15, -0.1) is 0 Å². The summed E-state index contributed by atoms with van der Waals surface area (Å²) in [5.74, 6) is -0.901. The van der Waals surface area contributed by atoms with Gasteiger partial charge in [-0.3, -0.25) is 24.0 Å². The lowest BCUT2D eigenvalue weighted by Crippen LogP contribution is -2.39. The van der Waals surface area contributed by atoms with Crippen LogP contribution in [0.1, 0.15) is 33.1 Å². The number of carbonyl (C=O) groups is 2. The third kappa shape index (κ3) is 3.37. The number of imidazole rings is 1. The van der Waals surface area contributed by atoms with E-state index in [1.165, 1.54) is 12.1 Å². The molecule has 2 aromatic carbocycles. The highest BCUT2D eigenvalue weighted by Crippen LogP contribution is 2.31. The van der Waals surface area contributed by atoms with Gasteiger partial charge in [-0.05, 0) is 31.3 Å². The number of nitrogens with zero attached hydrogens (tertiary/aromatic N) is 4. The second-order valence-electron chi connectivity index (χ2n) is 6.67. The fourth-order valence-corrected chi connectivity index (χ4v) is 3.70. The van der Waals surface area contributed by atoms with Crippen molar-refractivity contribution in [2.24, 2.45) is 0 Å². The number of halogens is 4. The number of aromatic nitrogens is 2. The van der Waals surface area contributed by atoms with Gasteiger partial charge in [0.1, 0.15) is 5.82 Å². The third-order valence-corrected chi connectivity index (χ3v) is 5.39. The molecule has 10 heteroatoms. The molecule has 1 aliphatic heterocycles. The lowest BCUT2D eigenvalue weighted by atomic mass is 10.1. The number of para-hydroxylation sites is 2. The van der Waals surface area contributed by atoms with E-state index >= 15 is 0 Å². The van der Waals surface area contributed by atoms with Gasteiger partial charge in [0.15, 0.2) is 0 Å². The molecule has 1 aliphatic rings.